The number of hydrogen-bond acceptors (Lipinski definition) is 4. The van der Waals surface area contributed by atoms with Crippen LogP contribution in [0.2, 0.25) is 0 Å². The minimum Gasteiger partial charge on any atom is -0.378 e. The summed E-state index contributed by atoms with van der Waals surface area (Å²) in [5.41, 5.74) is 5.79. The van der Waals surface area contributed by atoms with Crippen LogP contribution < -0.4 is 4.90 Å². The molecule has 3 aromatic rings. The topological polar surface area (TPSA) is 15.7 Å². The number of likely N-dealkylation sites (N-methyl/N-ethyl adjacent to an activating group) is 1. The predicted octanol–water partition coefficient (Wildman–Crippen LogP) is 4.32. The third-order valence-corrected chi connectivity index (χ3v) is 6.68. The Morgan fingerprint density at radius 1 is 1.04 bits per heavy atom. The van der Waals surface area contributed by atoms with Crippen molar-refractivity contribution in [1.29, 1.82) is 0 Å². The molecule has 1 atom stereocenters. The summed E-state index contributed by atoms with van der Waals surface area (Å²) in [6, 6.07) is 16.1. The molecule has 5 rings (SSSR count). The van der Waals surface area contributed by atoms with Crippen LogP contribution in [-0.2, 0) is 11.3 Å². The van der Waals surface area contributed by atoms with Crippen LogP contribution in [0.5, 0.6) is 0 Å². The highest BCUT2D eigenvalue weighted by atomic mass is 32.1. The summed E-state index contributed by atoms with van der Waals surface area (Å²) in [5, 5.41) is 3.58. The highest BCUT2D eigenvalue weighted by molar-refractivity contribution is 7.17. The molecule has 3 heterocycles. The number of rotatable bonds is 2. The van der Waals surface area contributed by atoms with Gasteiger partial charge in [0.05, 0.1) is 13.2 Å². The summed E-state index contributed by atoms with van der Waals surface area (Å²) >= 11 is 1.87. The van der Waals surface area contributed by atoms with Crippen LogP contribution in [-0.4, -0.2) is 44.8 Å². The van der Waals surface area contributed by atoms with E-state index >= 15 is 0 Å². The molecule has 0 saturated carbocycles. The van der Waals surface area contributed by atoms with Crippen LogP contribution in [0, 0.1) is 0 Å². The van der Waals surface area contributed by atoms with E-state index in [1.54, 1.807) is 0 Å². The fraction of sp³-hybridized carbons (Fsp3) is 0.364. The molecule has 26 heavy (non-hydrogen) atoms. The third-order valence-electron chi connectivity index (χ3n) is 5.70. The lowest BCUT2D eigenvalue weighted by atomic mass is 9.84. The first-order valence-corrected chi connectivity index (χ1v) is 10.3. The van der Waals surface area contributed by atoms with Gasteiger partial charge in [-0.1, -0.05) is 24.3 Å². The van der Waals surface area contributed by atoms with E-state index in [9.17, 15) is 0 Å². The number of benzene rings is 2. The summed E-state index contributed by atoms with van der Waals surface area (Å²) in [7, 11) is 2.24. The summed E-state index contributed by atoms with van der Waals surface area (Å²) in [6.07, 6.45) is 0. The normalized spacial score (nSPS) is 21.1. The van der Waals surface area contributed by atoms with Gasteiger partial charge in [-0.15, -0.1) is 11.3 Å². The van der Waals surface area contributed by atoms with Crippen molar-refractivity contribution in [1.82, 2.24) is 4.90 Å². The van der Waals surface area contributed by atoms with Gasteiger partial charge in [-0.05, 0) is 52.7 Å². The fourth-order valence-corrected chi connectivity index (χ4v) is 5.38. The van der Waals surface area contributed by atoms with E-state index < -0.39 is 0 Å². The molecule has 1 saturated heterocycles. The smallest absolute Gasteiger partial charge is 0.0642 e. The fourth-order valence-electron chi connectivity index (χ4n) is 4.41. The number of anilines is 1. The first-order valence-electron chi connectivity index (χ1n) is 9.40. The molecule has 2 aliphatic heterocycles. The van der Waals surface area contributed by atoms with Crippen LogP contribution in [0.1, 0.15) is 22.6 Å². The van der Waals surface area contributed by atoms with Gasteiger partial charge in [0, 0.05) is 42.5 Å². The van der Waals surface area contributed by atoms with Gasteiger partial charge < -0.3 is 14.5 Å². The molecule has 2 aromatic carbocycles. The van der Waals surface area contributed by atoms with Gasteiger partial charge in [0.15, 0.2) is 0 Å². The number of ether oxygens (including phenoxy) is 1. The third kappa shape index (κ3) is 2.82. The molecule has 3 nitrogen and oxygen atoms in total. The monoisotopic (exact) mass is 364 g/mol. The second-order valence-corrected chi connectivity index (χ2v) is 8.33. The Hall–Kier alpha value is -1.88. The second kappa shape index (κ2) is 6.69. The van der Waals surface area contributed by atoms with Gasteiger partial charge in [0.1, 0.15) is 0 Å². The standard InChI is InChI=1S/C22H24N2OS/c1-23-14-17-13-18(24-8-10-25-11-9-24)5-6-19(17)21(15-23)20-4-2-3-16-7-12-26-22(16)20/h2-7,12-13,21H,8-11,14-15H2,1H3. The zero-order valence-corrected chi connectivity index (χ0v) is 16.0. The molecule has 0 N–H and O–H groups in total. The molecule has 0 radical (unpaired) electrons. The molecule has 1 unspecified atom stereocenters. The number of thiophene rings is 1. The van der Waals surface area contributed by atoms with Crippen molar-refractivity contribution in [3.8, 4) is 0 Å². The maximum atomic E-state index is 5.51. The largest absolute Gasteiger partial charge is 0.378 e. The van der Waals surface area contributed by atoms with Crippen molar-refractivity contribution in [3.63, 3.8) is 0 Å². The van der Waals surface area contributed by atoms with Crippen molar-refractivity contribution in [2.45, 2.75) is 12.5 Å². The highest BCUT2D eigenvalue weighted by Gasteiger charge is 2.27. The van der Waals surface area contributed by atoms with E-state index in [-0.39, 0.29) is 0 Å². The molecule has 0 bridgehead atoms. The SMILES string of the molecule is CN1Cc2cc(N3CCOCC3)ccc2C(c2cccc3ccsc23)C1. The Balaban J connectivity index is 1.57. The minimum atomic E-state index is 0.449. The average Bonchev–Trinajstić information content (AvgIpc) is 3.16. The minimum absolute atomic E-state index is 0.449. The van der Waals surface area contributed by atoms with Gasteiger partial charge in [-0.25, -0.2) is 0 Å². The Bertz CT molecular complexity index is 929. The molecule has 0 spiro atoms. The maximum Gasteiger partial charge on any atom is 0.0642 e. The van der Waals surface area contributed by atoms with E-state index in [1.165, 1.54) is 32.5 Å². The van der Waals surface area contributed by atoms with Gasteiger partial charge in [0.2, 0.25) is 0 Å². The van der Waals surface area contributed by atoms with E-state index in [0.29, 0.717) is 5.92 Å². The van der Waals surface area contributed by atoms with Crippen LogP contribution in [0.4, 0.5) is 5.69 Å². The first-order chi connectivity index (χ1) is 12.8. The van der Waals surface area contributed by atoms with Crippen LogP contribution in [0.3, 0.4) is 0 Å². The molecule has 4 heteroatoms. The van der Waals surface area contributed by atoms with E-state index in [4.69, 9.17) is 4.74 Å². The van der Waals surface area contributed by atoms with E-state index in [0.717, 1.165) is 39.4 Å². The van der Waals surface area contributed by atoms with Crippen LogP contribution in [0.25, 0.3) is 10.1 Å². The van der Waals surface area contributed by atoms with Crippen molar-refractivity contribution >= 4 is 27.1 Å². The van der Waals surface area contributed by atoms with Crippen LogP contribution in [0.15, 0.2) is 47.8 Å². The van der Waals surface area contributed by atoms with Crippen molar-refractivity contribution < 1.29 is 4.74 Å². The quantitative estimate of drug-likeness (QED) is 0.674. The van der Waals surface area contributed by atoms with Gasteiger partial charge in [-0.2, -0.15) is 0 Å². The zero-order valence-electron chi connectivity index (χ0n) is 15.1. The molecule has 2 aliphatic rings. The van der Waals surface area contributed by atoms with Gasteiger partial charge in [-0.3, -0.25) is 0 Å². The summed E-state index contributed by atoms with van der Waals surface area (Å²) in [5.74, 6) is 0.449. The molecule has 1 fully saturated rings. The molecule has 0 aliphatic carbocycles. The van der Waals surface area contributed by atoms with Crippen LogP contribution >= 0.6 is 11.3 Å². The number of nitrogens with zero attached hydrogens (tertiary/aromatic N) is 2. The van der Waals surface area contributed by atoms with Crippen molar-refractivity contribution in [3.05, 3.63) is 64.5 Å². The summed E-state index contributed by atoms with van der Waals surface area (Å²) in [6.45, 7) is 5.77. The molecular formula is C22H24N2OS. The molecular weight excluding hydrogens is 340 g/mol. The van der Waals surface area contributed by atoms with Gasteiger partial charge >= 0.3 is 0 Å². The second-order valence-electron chi connectivity index (χ2n) is 7.42. The Labute approximate surface area is 158 Å². The summed E-state index contributed by atoms with van der Waals surface area (Å²) < 4.78 is 6.95. The lowest BCUT2D eigenvalue weighted by molar-refractivity contribution is 0.122. The lowest BCUT2D eigenvalue weighted by Crippen LogP contribution is -2.36. The number of morpholine rings is 1. The van der Waals surface area contributed by atoms with Gasteiger partial charge in [0.25, 0.3) is 0 Å². The molecule has 1 aromatic heterocycles. The Morgan fingerprint density at radius 2 is 1.92 bits per heavy atom. The maximum absolute atomic E-state index is 5.51. The average molecular weight is 365 g/mol. The number of hydrogen-bond donors (Lipinski definition) is 0. The molecule has 134 valence electrons. The predicted molar refractivity (Wildman–Crippen MR) is 109 cm³/mol. The van der Waals surface area contributed by atoms with Crippen molar-refractivity contribution in [2.24, 2.45) is 0 Å². The van der Waals surface area contributed by atoms with Crippen molar-refractivity contribution in [2.75, 3.05) is 44.8 Å². The zero-order chi connectivity index (χ0) is 17.5. The first kappa shape index (κ1) is 16.3. The molecule has 0 amide bonds. The van der Waals surface area contributed by atoms with E-state index in [2.05, 4.69) is 64.7 Å². The highest BCUT2D eigenvalue weighted by Crippen LogP contribution is 2.39. The van der Waals surface area contributed by atoms with E-state index in [1.807, 2.05) is 11.3 Å². The Morgan fingerprint density at radius 3 is 2.81 bits per heavy atom. The lowest BCUT2D eigenvalue weighted by Gasteiger charge is -2.35. The number of fused-ring (bicyclic) bond motifs is 2. The summed E-state index contributed by atoms with van der Waals surface area (Å²) in [4.78, 5) is 4.91. The Kier molecular flexibility index (Phi) is 4.20.